The molecule has 1 N–H and O–H groups in total. The van der Waals surface area contributed by atoms with E-state index in [1.807, 2.05) is 6.07 Å². The lowest BCUT2D eigenvalue weighted by molar-refractivity contribution is 0.580. The summed E-state index contributed by atoms with van der Waals surface area (Å²) in [6, 6.07) is 1.82. The minimum absolute atomic E-state index is 0.557. The molecule has 3 aromatic heterocycles. The van der Waals surface area contributed by atoms with Gasteiger partial charge in [0.2, 0.25) is 5.95 Å². The average molecular weight is 294 g/mol. The third kappa shape index (κ3) is 2.44. The van der Waals surface area contributed by atoms with Crippen molar-refractivity contribution < 1.29 is 0 Å². The first-order valence-electron chi connectivity index (χ1n) is 7.12. The number of fused-ring (bicyclic) bond motifs is 1. The summed E-state index contributed by atoms with van der Waals surface area (Å²) in [5.41, 5.74) is 2.12. The fourth-order valence-electron chi connectivity index (χ4n) is 2.40. The second-order valence-electron chi connectivity index (χ2n) is 4.97. The molecule has 4 rings (SSSR count). The zero-order valence-corrected chi connectivity index (χ0v) is 11.8. The molecule has 1 saturated heterocycles. The second-order valence-corrected chi connectivity index (χ2v) is 4.97. The number of hydrogen-bond donors (Lipinski definition) is 1. The van der Waals surface area contributed by atoms with Gasteiger partial charge in [0.1, 0.15) is 23.1 Å². The fourth-order valence-corrected chi connectivity index (χ4v) is 2.40. The summed E-state index contributed by atoms with van der Waals surface area (Å²) in [6.45, 7) is 3.68. The van der Waals surface area contributed by atoms with Gasteiger partial charge in [-0.2, -0.15) is 0 Å². The predicted octanol–water partition coefficient (Wildman–Crippen LogP) is 0.286. The fraction of sp³-hybridized carbons (Fsp3) is 0.286. The molecule has 22 heavy (non-hydrogen) atoms. The quantitative estimate of drug-likeness (QED) is 0.721. The highest BCUT2D eigenvalue weighted by molar-refractivity contribution is 5.73. The summed E-state index contributed by atoms with van der Waals surface area (Å²) < 4.78 is 0. The van der Waals surface area contributed by atoms with Crippen LogP contribution < -0.4 is 10.2 Å². The largest absolute Gasteiger partial charge is 0.338 e. The molecule has 1 aliphatic heterocycles. The minimum Gasteiger partial charge on any atom is -0.338 e. The van der Waals surface area contributed by atoms with Crippen LogP contribution in [0.4, 0.5) is 5.95 Å². The number of hydrogen-bond acceptors (Lipinski definition) is 8. The topological polar surface area (TPSA) is 92.6 Å². The first-order valence-corrected chi connectivity index (χ1v) is 7.12. The van der Waals surface area contributed by atoms with Crippen molar-refractivity contribution in [2.24, 2.45) is 0 Å². The molecule has 0 unspecified atom stereocenters. The van der Waals surface area contributed by atoms with Crippen LogP contribution in [0.5, 0.6) is 0 Å². The van der Waals surface area contributed by atoms with Gasteiger partial charge in [-0.25, -0.2) is 29.9 Å². The second kappa shape index (κ2) is 5.57. The summed E-state index contributed by atoms with van der Waals surface area (Å²) in [6.07, 6.45) is 6.59. The SMILES string of the molecule is c1cc(-c2ncc3ncncc3n2)nc(N2CCNCC2)n1. The molecule has 0 bridgehead atoms. The van der Waals surface area contributed by atoms with Gasteiger partial charge in [-0.05, 0) is 6.07 Å². The van der Waals surface area contributed by atoms with E-state index in [-0.39, 0.29) is 0 Å². The summed E-state index contributed by atoms with van der Waals surface area (Å²) >= 11 is 0. The van der Waals surface area contributed by atoms with Gasteiger partial charge in [-0.15, -0.1) is 0 Å². The van der Waals surface area contributed by atoms with Crippen LogP contribution in [0.3, 0.4) is 0 Å². The van der Waals surface area contributed by atoms with Crippen molar-refractivity contribution in [3.05, 3.63) is 31.0 Å². The third-order valence-electron chi connectivity index (χ3n) is 3.53. The molecule has 0 saturated carbocycles. The Morgan fingerprint density at radius 3 is 2.77 bits per heavy atom. The van der Waals surface area contributed by atoms with E-state index in [1.165, 1.54) is 6.33 Å². The predicted molar refractivity (Wildman–Crippen MR) is 81.2 cm³/mol. The highest BCUT2D eigenvalue weighted by Gasteiger charge is 2.14. The van der Waals surface area contributed by atoms with Crippen molar-refractivity contribution in [1.82, 2.24) is 35.2 Å². The minimum atomic E-state index is 0.557. The highest BCUT2D eigenvalue weighted by Crippen LogP contribution is 2.17. The first-order chi connectivity index (χ1) is 10.9. The Hall–Kier alpha value is -2.74. The molecular formula is C14H14N8. The van der Waals surface area contributed by atoms with Crippen LogP contribution in [-0.2, 0) is 0 Å². The summed E-state index contributed by atoms with van der Waals surface area (Å²) in [7, 11) is 0. The van der Waals surface area contributed by atoms with Crippen molar-refractivity contribution in [1.29, 1.82) is 0 Å². The first kappa shape index (κ1) is 13.0. The highest BCUT2D eigenvalue weighted by atomic mass is 15.3. The van der Waals surface area contributed by atoms with Crippen LogP contribution in [0.1, 0.15) is 0 Å². The average Bonchev–Trinajstić information content (AvgIpc) is 2.62. The third-order valence-corrected chi connectivity index (χ3v) is 3.53. The zero-order chi connectivity index (χ0) is 14.8. The van der Waals surface area contributed by atoms with Gasteiger partial charge in [-0.1, -0.05) is 0 Å². The summed E-state index contributed by atoms with van der Waals surface area (Å²) in [5, 5.41) is 3.32. The van der Waals surface area contributed by atoms with E-state index in [9.17, 15) is 0 Å². The normalized spacial score (nSPS) is 15.2. The van der Waals surface area contributed by atoms with Gasteiger partial charge in [0.05, 0.1) is 12.4 Å². The summed E-state index contributed by atoms with van der Waals surface area (Å²) in [5.74, 6) is 1.27. The smallest absolute Gasteiger partial charge is 0.226 e. The molecule has 0 spiro atoms. The van der Waals surface area contributed by atoms with E-state index < -0.39 is 0 Å². The van der Waals surface area contributed by atoms with Crippen molar-refractivity contribution in [3.8, 4) is 11.5 Å². The molecule has 0 radical (unpaired) electrons. The number of nitrogens with one attached hydrogen (secondary N) is 1. The molecule has 1 aliphatic rings. The van der Waals surface area contributed by atoms with Crippen molar-refractivity contribution >= 4 is 17.0 Å². The lowest BCUT2D eigenvalue weighted by atomic mass is 10.3. The molecule has 0 atom stereocenters. The number of rotatable bonds is 2. The monoisotopic (exact) mass is 294 g/mol. The Morgan fingerprint density at radius 2 is 1.86 bits per heavy atom. The van der Waals surface area contributed by atoms with Gasteiger partial charge in [0.25, 0.3) is 0 Å². The van der Waals surface area contributed by atoms with Gasteiger partial charge >= 0.3 is 0 Å². The lowest BCUT2D eigenvalue weighted by Gasteiger charge is -2.27. The van der Waals surface area contributed by atoms with Crippen molar-refractivity contribution in [2.75, 3.05) is 31.1 Å². The maximum absolute atomic E-state index is 4.59. The Balaban J connectivity index is 1.71. The molecular weight excluding hydrogens is 280 g/mol. The maximum Gasteiger partial charge on any atom is 0.226 e. The van der Waals surface area contributed by atoms with Crippen LogP contribution in [0.15, 0.2) is 31.0 Å². The van der Waals surface area contributed by atoms with Crippen LogP contribution in [-0.4, -0.2) is 56.1 Å². The van der Waals surface area contributed by atoms with Crippen LogP contribution in [0.2, 0.25) is 0 Å². The van der Waals surface area contributed by atoms with Crippen LogP contribution >= 0.6 is 0 Å². The van der Waals surface area contributed by atoms with E-state index in [0.717, 1.165) is 31.7 Å². The molecule has 0 amide bonds. The van der Waals surface area contributed by atoms with E-state index >= 15 is 0 Å². The Morgan fingerprint density at radius 1 is 0.955 bits per heavy atom. The lowest BCUT2D eigenvalue weighted by Crippen LogP contribution is -2.44. The van der Waals surface area contributed by atoms with Gasteiger partial charge in [-0.3, -0.25) is 0 Å². The molecule has 0 aromatic carbocycles. The summed E-state index contributed by atoms with van der Waals surface area (Å²) in [4.78, 5) is 28.0. The van der Waals surface area contributed by atoms with Gasteiger partial charge in [0, 0.05) is 32.4 Å². The number of anilines is 1. The van der Waals surface area contributed by atoms with E-state index in [0.29, 0.717) is 23.0 Å². The number of aromatic nitrogens is 6. The Kier molecular flexibility index (Phi) is 3.28. The molecule has 8 nitrogen and oxygen atoms in total. The number of nitrogens with zero attached hydrogens (tertiary/aromatic N) is 7. The molecule has 0 aliphatic carbocycles. The molecule has 3 aromatic rings. The van der Waals surface area contributed by atoms with Crippen molar-refractivity contribution in [2.45, 2.75) is 0 Å². The molecule has 4 heterocycles. The maximum atomic E-state index is 4.59. The van der Waals surface area contributed by atoms with Crippen molar-refractivity contribution in [3.63, 3.8) is 0 Å². The zero-order valence-electron chi connectivity index (χ0n) is 11.8. The molecule has 1 fully saturated rings. The molecule has 8 heteroatoms. The Bertz CT molecular complexity index is 799. The van der Waals surface area contributed by atoms with E-state index in [4.69, 9.17) is 0 Å². The van der Waals surface area contributed by atoms with E-state index in [1.54, 1.807) is 18.6 Å². The van der Waals surface area contributed by atoms with E-state index in [2.05, 4.69) is 40.1 Å². The Labute approximate surface area is 126 Å². The standard InChI is InChI=1S/C14H14N8/c1-2-17-14(22-5-3-15-4-6-22)21-10(1)13-18-8-11-12(20-13)7-16-9-19-11/h1-2,7-9,15H,3-6H2. The van der Waals surface area contributed by atoms with Gasteiger partial charge in [0.15, 0.2) is 5.82 Å². The van der Waals surface area contributed by atoms with Gasteiger partial charge < -0.3 is 10.2 Å². The van der Waals surface area contributed by atoms with Crippen LogP contribution in [0.25, 0.3) is 22.6 Å². The van der Waals surface area contributed by atoms with Crippen LogP contribution in [0, 0.1) is 0 Å². The number of piperazine rings is 1. The molecule has 110 valence electrons.